The van der Waals surface area contributed by atoms with Crippen molar-refractivity contribution in [3.63, 3.8) is 0 Å². The van der Waals surface area contributed by atoms with E-state index in [0.29, 0.717) is 45.1 Å². The molecule has 3 aromatic heterocycles. The number of carbonyl (C=O) groups excluding carboxylic acids is 1. The molecule has 1 saturated heterocycles. The van der Waals surface area contributed by atoms with Crippen molar-refractivity contribution in [3.8, 4) is 0 Å². The number of fused-ring (bicyclic) bond motifs is 2. The highest BCUT2D eigenvalue weighted by molar-refractivity contribution is 7.91. The SMILES string of the molecule is Cc1cc(NC(=O)c2sc3nc4n(c(=O)c3c2C)CCCCC4)n(C2CCS(=O)(=O)C2)n1. The fourth-order valence-corrected chi connectivity index (χ4v) is 7.43. The maximum Gasteiger partial charge on any atom is 0.267 e. The van der Waals surface area contributed by atoms with Crippen molar-refractivity contribution in [2.75, 3.05) is 16.8 Å². The Morgan fingerprint density at radius 1 is 1.25 bits per heavy atom. The van der Waals surface area contributed by atoms with Crippen LogP contribution in [0, 0.1) is 13.8 Å². The van der Waals surface area contributed by atoms with E-state index >= 15 is 0 Å². The van der Waals surface area contributed by atoms with Gasteiger partial charge >= 0.3 is 0 Å². The molecular weight excluding hydrogens is 450 g/mol. The molecule has 0 spiro atoms. The number of nitrogens with zero attached hydrogens (tertiary/aromatic N) is 4. The highest BCUT2D eigenvalue weighted by atomic mass is 32.2. The lowest BCUT2D eigenvalue weighted by Gasteiger charge is -2.13. The molecular formula is C21H25N5O4S2. The van der Waals surface area contributed by atoms with Crippen molar-refractivity contribution in [2.45, 2.75) is 58.5 Å². The number of rotatable bonds is 3. The van der Waals surface area contributed by atoms with E-state index in [0.717, 1.165) is 31.5 Å². The quantitative estimate of drug-likeness (QED) is 0.623. The molecule has 1 amide bonds. The number of sulfone groups is 1. The second-order valence-corrected chi connectivity index (χ2v) is 11.9. The molecule has 0 aliphatic carbocycles. The van der Waals surface area contributed by atoms with Crippen LogP contribution >= 0.6 is 11.3 Å². The van der Waals surface area contributed by atoms with Crippen molar-refractivity contribution in [3.05, 3.63) is 38.4 Å². The number of carbonyl (C=O) groups is 1. The number of hydrogen-bond donors (Lipinski definition) is 1. The van der Waals surface area contributed by atoms with Gasteiger partial charge in [-0.1, -0.05) is 6.42 Å². The van der Waals surface area contributed by atoms with E-state index in [1.54, 1.807) is 29.2 Å². The third kappa shape index (κ3) is 3.66. The molecule has 0 bridgehead atoms. The maximum atomic E-state index is 13.2. The Morgan fingerprint density at radius 3 is 2.81 bits per heavy atom. The van der Waals surface area contributed by atoms with Gasteiger partial charge in [0.05, 0.1) is 33.5 Å². The number of hydrogen-bond acceptors (Lipinski definition) is 7. The summed E-state index contributed by atoms with van der Waals surface area (Å²) in [7, 11) is -3.09. The monoisotopic (exact) mass is 475 g/mol. The van der Waals surface area contributed by atoms with Gasteiger partial charge in [-0.25, -0.2) is 18.1 Å². The molecule has 1 N–H and O–H groups in total. The van der Waals surface area contributed by atoms with E-state index in [4.69, 9.17) is 4.98 Å². The summed E-state index contributed by atoms with van der Waals surface area (Å²) in [6.45, 7) is 4.25. The van der Waals surface area contributed by atoms with E-state index < -0.39 is 9.84 Å². The number of nitrogens with one attached hydrogen (secondary N) is 1. The lowest BCUT2D eigenvalue weighted by atomic mass is 10.2. The number of aryl methyl sites for hydroxylation is 3. The molecule has 1 unspecified atom stereocenters. The van der Waals surface area contributed by atoms with E-state index in [1.165, 1.54) is 11.3 Å². The summed E-state index contributed by atoms with van der Waals surface area (Å²) in [5, 5.41) is 7.83. The Morgan fingerprint density at radius 2 is 2.06 bits per heavy atom. The van der Waals surface area contributed by atoms with Crippen LogP contribution in [-0.2, 0) is 22.8 Å². The van der Waals surface area contributed by atoms with Gasteiger partial charge in [0.15, 0.2) is 9.84 Å². The molecule has 3 aromatic rings. The summed E-state index contributed by atoms with van der Waals surface area (Å²) >= 11 is 1.23. The lowest BCUT2D eigenvalue weighted by Crippen LogP contribution is -2.24. The van der Waals surface area contributed by atoms with Gasteiger partial charge < -0.3 is 5.32 Å². The van der Waals surface area contributed by atoms with Gasteiger partial charge in [-0.3, -0.25) is 14.2 Å². The third-order valence-electron chi connectivity index (χ3n) is 6.27. The van der Waals surface area contributed by atoms with Gasteiger partial charge in [-0.2, -0.15) is 5.10 Å². The van der Waals surface area contributed by atoms with E-state index in [1.807, 2.05) is 0 Å². The van der Waals surface area contributed by atoms with Crippen molar-refractivity contribution >= 4 is 43.1 Å². The molecule has 1 fully saturated rings. The minimum absolute atomic E-state index is 0.0190. The van der Waals surface area contributed by atoms with Crippen molar-refractivity contribution < 1.29 is 13.2 Å². The molecule has 170 valence electrons. The number of aromatic nitrogens is 4. The van der Waals surface area contributed by atoms with Gasteiger partial charge in [0.2, 0.25) is 0 Å². The molecule has 11 heteroatoms. The maximum absolute atomic E-state index is 13.2. The fourth-order valence-electron chi connectivity index (χ4n) is 4.66. The Bertz CT molecular complexity index is 1400. The van der Waals surface area contributed by atoms with Crippen molar-refractivity contribution in [1.29, 1.82) is 0 Å². The predicted molar refractivity (Wildman–Crippen MR) is 123 cm³/mol. The van der Waals surface area contributed by atoms with Crippen molar-refractivity contribution in [1.82, 2.24) is 19.3 Å². The first-order valence-corrected chi connectivity index (χ1v) is 13.5. The second-order valence-electron chi connectivity index (χ2n) is 8.66. The molecule has 0 radical (unpaired) electrons. The normalized spacial score (nSPS) is 20.2. The zero-order valence-corrected chi connectivity index (χ0v) is 19.7. The molecule has 0 saturated carbocycles. The Hall–Kier alpha value is -2.53. The molecule has 9 nitrogen and oxygen atoms in total. The van der Waals surface area contributed by atoms with Gasteiger partial charge in [-0.15, -0.1) is 11.3 Å². The summed E-state index contributed by atoms with van der Waals surface area (Å²) in [5.74, 6) is 1.06. The summed E-state index contributed by atoms with van der Waals surface area (Å²) in [6.07, 6.45) is 4.29. The van der Waals surface area contributed by atoms with Crippen molar-refractivity contribution in [2.24, 2.45) is 0 Å². The fraction of sp³-hybridized carbons (Fsp3) is 0.524. The average Bonchev–Trinajstić information content (AvgIpc) is 3.30. The van der Waals surface area contributed by atoms with Crippen LogP contribution in [0.2, 0.25) is 0 Å². The smallest absolute Gasteiger partial charge is 0.267 e. The minimum Gasteiger partial charge on any atom is -0.306 e. The Kier molecular flexibility index (Phi) is 5.20. The largest absolute Gasteiger partial charge is 0.306 e. The van der Waals surface area contributed by atoms with E-state index in [-0.39, 0.29) is 29.0 Å². The zero-order valence-electron chi connectivity index (χ0n) is 18.0. The van der Waals surface area contributed by atoms with Gasteiger partial charge in [-0.05, 0) is 38.7 Å². The standard InChI is InChI=1S/C21H25N5O4S2/c1-12-10-16(26(24-12)14-7-9-32(29,30)11-14)22-19(27)18-13(2)17-20(31-18)23-15-6-4-3-5-8-25(15)21(17)28/h10,14H,3-9,11H2,1-2H3,(H,22,27). The van der Waals surface area contributed by atoms with Crippen LogP contribution in [-0.4, -0.2) is 45.2 Å². The van der Waals surface area contributed by atoms with Crippen LogP contribution in [0.4, 0.5) is 5.82 Å². The molecule has 5 rings (SSSR count). The number of anilines is 1. The number of thiophene rings is 1. The average molecular weight is 476 g/mol. The van der Waals surface area contributed by atoms with Crippen LogP contribution in [0.25, 0.3) is 10.2 Å². The first kappa shape index (κ1) is 21.3. The summed E-state index contributed by atoms with van der Waals surface area (Å²) in [6, 6.07) is 1.44. The van der Waals surface area contributed by atoms with Crippen LogP contribution in [0.15, 0.2) is 10.9 Å². The molecule has 5 heterocycles. The molecule has 0 aromatic carbocycles. The van der Waals surface area contributed by atoms with Crippen LogP contribution < -0.4 is 10.9 Å². The van der Waals surface area contributed by atoms with Crippen LogP contribution in [0.1, 0.15) is 58.5 Å². The van der Waals surface area contributed by atoms with Crippen LogP contribution in [0.5, 0.6) is 0 Å². The highest BCUT2D eigenvalue weighted by Gasteiger charge is 2.32. The molecule has 32 heavy (non-hydrogen) atoms. The summed E-state index contributed by atoms with van der Waals surface area (Å²) in [5.41, 5.74) is 1.25. The van der Waals surface area contributed by atoms with Gasteiger partial charge in [0.25, 0.3) is 11.5 Å². The predicted octanol–water partition coefficient (Wildman–Crippen LogP) is 2.61. The molecule has 1 atom stereocenters. The second kappa shape index (κ2) is 7.80. The summed E-state index contributed by atoms with van der Waals surface area (Å²) in [4.78, 5) is 32.1. The molecule has 2 aliphatic rings. The van der Waals surface area contributed by atoms with Crippen LogP contribution in [0.3, 0.4) is 0 Å². The lowest BCUT2D eigenvalue weighted by molar-refractivity contribution is 0.102. The zero-order chi connectivity index (χ0) is 22.6. The Labute approximate surface area is 189 Å². The first-order valence-electron chi connectivity index (χ1n) is 10.8. The minimum atomic E-state index is -3.09. The first-order chi connectivity index (χ1) is 15.2. The third-order valence-corrected chi connectivity index (χ3v) is 9.21. The molecule has 2 aliphatic heterocycles. The van der Waals surface area contributed by atoms with Gasteiger partial charge in [0, 0.05) is 19.0 Å². The topological polar surface area (TPSA) is 116 Å². The van der Waals surface area contributed by atoms with E-state index in [2.05, 4.69) is 10.4 Å². The highest BCUT2D eigenvalue weighted by Crippen LogP contribution is 2.31. The van der Waals surface area contributed by atoms with Gasteiger partial charge in [0.1, 0.15) is 16.5 Å². The summed E-state index contributed by atoms with van der Waals surface area (Å²) < 4.78 is 27.2. The van der Waals surface area contributed by atoms with E-state index in [9.17, 15) is 18.0 Å². The Balaban J connectivity index is 1.50. The number of amides is 1.